The van der Waals surface area contributed by atoms with E-state index in [1.807, 2.05) is 6.92 Å². The van der Waals surface area contributed by atoms with Gasteiger partial charge in [-0.2, -0.15) is 13.5 Å². The lowest BCUT2D eigenvalue weighted by Gasteiger charge is -2.03. The third-order valence-electron chi connectivity index (χ3n) is 1.69. The molecule has 0 spiro atoms. The van der Waals surface area contributed by atoms with Crippen LogP contribution in [-0.2, 0) is 10.0 Å². The minimum atomic E-state index is -3.56. The average Bonchev–Trinajstić information content (AvgIpc) is 2.17. The highest BCUT2D eigenvalue weighted by Gasteiger charge is 2.11. The van der Waals surface area contributed by atoms with E-state index in [4.69, 9.17) is 0 Å². The number of nitrogens with one attached hydrogen (secondary N) is 1. The first-order valence-electron chi connectivity index (χ1n) is 4.31. The Bertz CT molecular complexity index is 469. The van der Waals surface area contributed by atoms with Crippen LogP contribution in [0.5, 0.6) is 0 Å². The molecule has 0 aliphatic carbocycles. The van der Waals surface area contributed by atoms with Crippen molar-refractivity contribution >= 4 is 48.1 Å². The molecular formula is C9H10Br2N2O2S. The summed E-state index contributed by atoms with van der Waals surface area (Å²) in [5.74, 6) is 0. The quantitative estimate of drug-likeness (QED) is 0.503. The molecule has 0 heterocycles. The van der Waals surface area contributed by atoms with Crippen LogP contribution in [0.15, 0.2) is 34.3 Å². The number of hydrogen-bond acceptors (Lipinski definition) is 3. The summed E-state index contributed by atoms with van der Waals surface area (Å²) in [6.07, 6.45) is 1.38. The fourth-order valence-corrected chi connectivity index (χ4v) is 1.96. The van der Waals surface area contributed by atoms with Crippen molar-refractivity contribution < 1.29 is 8.42 Å². The zero-order chi connectivity index (χ0) is 12.2. The standard InChI is InChI=1S/C9H10Br2N2O2S/c1-7-2-4-8(5-3-7)16(14,15)13-12-6-9(10)11/h2-6,9,13H,1H3. The zero-order valence-corrected chi connectivity index (χ0v) is 12.4. The summed E-state index contributed by atoms with van der Waals surface area (Å²) in [6.45, 7) is 1.89. The van der Waals surface area contributed by atoms with Crippen molar-refractivity contribution in [1.29, 1.82) is 0 Å². The van der Waals surface area contributed by atoms with Crippen LogP contribution >= 0.6 is 31.9 Å². The first-order valence-corrected chi connectivity index (χ1v) is 7.63. The van der Waals surface area contributed by atoms with E-state index in [9.17, 15) is 8.42 Å². The van der Waals surface area contributed by atoms with Gasteiger partial charge in [0, 0.05) is 6.21 Å². The molecular weight excluding hydrogens is 360 g/mol. The summed E-state index contributed by atoms with van der Waals surface area (Å²) in [5, 5.41) is 3.58. The van der Waals surface area contributed by atoms with Crippen molar-refractivity contribution in [2.75, 3.05) is 0 Å². The Labute approximate surface area is 111 Å². The predicted octanol–water partition coefficient (Wildman–Crippen LogP) is 2.38. The maximum atomic E-state index is 11.7. The third-order valence-corrected chi connectivity index (χ3v) is 3.40. The molecule has 0 radical (unpaired) electrons. The highest BCUT2D eigenvalue weighted by atomic mass is 79.9. The SMILES string of the molecule is Cc1ccc(S(=O)(=O)NN=CC(Br)Br)cc1. The maximum absolute atomic E-state index is 11.7. The Morgan fingerprint density at radius 3 is 2.38 bits per heavy atom. The lowest BCUT2D eigenvalue weighted by atomic mass is 10.2. The molecule has 0 bridgehead atoms. The smallest absolute Gasteiger partial charge is 0.200 e. The first kappa shape index (κ1) is 13.7. The van der Waals surface area contributed by atoms with Crippen LogP contribution in [0.2, 0.25) is 0 Å². The molecule has 1 aromatic carbocycles. The van der Waals surface area contributed by atoms with E-state index < -0.39 is 10.0 Å². The minimum absolute atomic E-state index is 0.166. The van der Waals surface area contributed by atoms with Crippen LogP contribution in [0.4, 0.5) is 0 Å². The van der Waals surface area contributed by atoms with E-state index in [0.29, 0.717) is 0 Å². The third kappa shape index (κ3) is 4.23. The number of sulfonamides is 1. The fourth-order valence-electron chi connectivity index (χ4n) is 0.926. The van der Waals surface area contributed by atoms with Gasteiger partial charge in [-0.15, -0.1) is 0 Å². The van der Waals surface area contributed by atoms with E-state index in [1.165, 1.54) is 18.3 Å². The van der Waals surface area contributed by atoms with Gasteiger partial charge >= 0.3 is 0 Å². The van der Waals surface area contributed by atoms with E-state index in [2.05, 4.69) is 41.8 Å². The second kappa shape index (κ2) is 5.79. The molecule has 16 heavy (non-hydrogen) atoms. The zero-order valence-electron chi connectivity index (χ0n) is 8.39. The van der Waals surface area contributed by atoms with Crippen molar-refractivity contribution in [3.8, 4) is 0 Å². The summed E-state index contributed by atoms with van der Waals surface area (Å²) >= 11 is 6.28. The van der Waals surface area contributed by atoms with E-state index in [0.717, 1.165) is 5.56 Å². The molecule has 0 atom stereocenters. The number of hydrogen-bond donors (Lipinski definition) is 1. The van der Waals surface area contributed by atoms with Crippen molar-refractivity contribution in [1.82, 2.24) is 4.83 Å². The largest absolute Gasteiger partial charge is 0.276 e. The highest BCUT2D eigenvalue weighted by molar-refractivity contribution is 9.25. The van der Waals surface area contributed by atoms with E-state index >= 15 is 0 Å². The molecule has 0 unspecified atom stereocenters. The van der Waals surface area contributed by atoms with Crippen LogP contribution < -0.4 is 4.83 Å². The average molecular weight is 370 g/mol. The molecule has 0 saturated carbocycles. The highest BCUT2D eigenvalue weighted by Crippen LogP contribution is 2.10. The molecule has 0 amide bonds. The molecule has 1 N–H and O–H groups in total. The van der Waals surface area contributed by atoms with Gasteiger partial charge in [-0.3, -0.25) is 0 Å². The summed E-state index contributed by atoms with van der Waals surface area (Å²) < 4.78 is 23.2. The van der Waals surface area contributed by atoms with Gasteiger partial charge < -0.3 is 0 Å². The number of nitrogens with zero attached hydrogens (tertiary/aromatic N) is 1. The van der Waals surface area contributed by atoms with Gasteiger partial charge in [0.15, 0.2) is 0 Å². The van der Waals surface area contributed by atoms with Crippen molar-refractivity contribution in [2.45, 2.75) is 15.6 Å². The lowest BCUT2D eigenvalue weighted by molar-refractivity contribution is 0.584. The van der Waals surface area contributed by atoms with Crippen LogP contribution in [0.1, 0.15) is 5.56 Å². The number of hydrazone groups is 1. The summed E-state index contributed by atoms with van der Waals surface area (Å²) in [4.78, 5) is 2.30. The Hall–Kier alpha value is -0.400. The minimum Gasteiger partial charge on any atom is -0.200 e. The van der Waals surface area contributed by atoms with Gasteiger partial charge in [0.2, 0.25) is 0 Å². The van der Waals surface area contributed by atoms with E-state index in [-0.39, 0.29) is 8.63 Å². The molecule has 1 aromatic rings. The van der Waals surface area contributed by atoms with Gasteiger partial charge in [0.05, 0.1) is 4.90 Å². The van der Waals surface area contributed by atoms with Gasteiger partial charge in [-0.05, 0) is 19.1 Å². The number of alkyl halides is 2. The number of rotatable bonds is 4. The van der Waals surface area contributed by atoms with E-state index in [1.54, 1.807) is 12.1 Å². The van der Waals surface area contributed by atoms with Crippen LogP contribution in [0, 0.1) is 6.92 Å². The molecule has 0 fully saturated rings. The molecule has 0 aliphatic rings. The molecule has 1 rings (SSSR count). The summed E-state index contributed by atoms with van der Waals surface area (Å²) in [7, 11) is -3.56. The molecule has 0 aliphatic heterocycles. The van der Waals surface area contributed by atoms with Gasteiger partial charge in [-0.1, -0.05) is 49.6 Å². The molecule has 7 heteroatoms. The number of halogens is 2. The van der Waals surface area contributed by atoms with Crippen LogP contribution in [0.25, 0.3) is 0 Å². The normalized spacial score (nSPS) is 12.2. The van der Waals surface area contributed by atoms with Crippen molar-refractivity contribution in [3.63, 3.8) is 0 Å². The summed E-state index contributed by atoms with van der Waals surface area (Å²) in [6, 6.07) is 6.53. The van der Waals surface area contributed by atoms with Crippen molar-refractivity contribution in [3.05, 3.63) is 29.8 Å². The lowest BCUT2D eigenvalue weighted by Crippen LogP contribution is -2.18. The Morgan fingerprint density at radius 1 is 1.31 bits per heavy atom. The number of benzene rings is 1. The Balaban J connectivity index is 2.82. The number of aryl methyl sites for hydroxylation is 1. The fraction of sp³-hybridized carbons (Fsp3) is 0.222. The Kier molecular flexibility index (Phi) is 4.94. The second-order valence-corrected chi connectivity index (χ2v) is 7.88. The molecule has 0 aromatic heterocycles. The molecule has 0 saturated heterocycles. The first-order chi connectivity index (χ1) is 7.42. The molecule has 4 nitrogen and oxygen atoms in total. The van der Waals surface area contributed by atoms with Crippen LogP contribution in [0.3, 0.4) is 0 Å². The second-order valence-electron chi connectivity index (χ2n) is 3.02. The van der Waals surface area contributed by atoms with Crippen molar-refractivity contribution in [2.24, 2.45) is 5.10 Å². The maximum Gasteiger partial charge on any atom is 0.276 e. The molecule has 88 valence electrons. The van der Waals surface area contributed by atoms with Crippen LogP contribution in [-0.4, -0.2) is 18.4 Å². The topological polar surface area (TPSA) is 58.5 Å². The summed E-state index contributed by atoms with van der Waals surface area (Å²) in [5.41, 5.74) is 1.00. The van der Waals surface area contributed by atoms with Gasteiger partial charge in [0.1, 0.15) is 3.74 Å². The van der Waals surface area contributed by atoms with Gasteiger partial charge in [0.25, 0.3) is 10.0 Å². The Morgan fingerprint density at radius 2 is 1.88 bits per heavy atom. The van der Waals surface area contributed by atoms with Gasteiger partial charge in [-0.25, -0.2) is 4.83 Å². The predicted molar refractivity (Wildman–Crippen MR) is 71.6 cm³/mol. The monoisotopic (exact) mass is 368 g/mol.